The Kier molecular flexibility index (Phi) is 8.78. The smallest absolute Gasteiger partial charge is 0.408 e. The maximum absolute atomic E-state index is 12.5. The summed E-state index contributed by atoms with van der Waals surface area (Å²) in [6, 6.07) is -1.55. The number of carbonyl (C=O) groups is 3. The molecule has 0 heterocycles. The molecule has 0 aliphatic rings. The molecule has 2 atom stereocenters. The van der Waals surface area contributed by atoms with E-state index >= 15 is 0 Å². The van der Waals surface area contributed by atoms with E-state index in [1.165, 1.54) is 7.11 Å². The zero-order valence-electron chi connectivity index (χ0n) is 16.1. The maximum atomic E-state index is 12.5. The SMILES string of the molecule is COC(=O)[C@H](CC(C)C)NC(=O)[C@@H](NC(=O)OC(C)(C)C)C(C)C. The van der Waals surface area contributed by atoms with Crippen LogP contribution in [0, 0.1) is 11.8 Å². The monoisotopic (exact) mass is 344 g/mol. The van der Waals surface area contributed by atoms with Crippen LogP contribution in [0.25, 0.3) is 0 Å². The predicted molar refractivity (Wildman–Crippen MR) is 91.4 cm³/mol. The molecule has 0 unspecified atom stereocenters. The third-order valence-corrected chi connectivity index (χ3v) is 3.13. The Morgan fingerprint density at radius 3 is 1.92 bits per heavy atom. The van der Waals surface area contributed by atoms with Gasteiger partial charge in [0.2, 0.25) is 5.91 Å². The van der Waals surface area contributed by atoms with Crippen molar-refractivity contribution >= 4 is 18.0 Å². The van der Waals surface area contributed by atoms with Crippen molar-refractivity contribution in [2.24, 2.45) is 11.8 Å². The second-order valence-corrected chi connectivity index (χ2v) is 7.58. The highest BCUT2D eigenvalue weighted by Gasteiger charge is 2.30. The van der Waals surface area contributed by atoms with E-state index in [4.69, 9.17) is 9.47 Å². The van der Waals surface area contributed by atoms with E-state index in [1.807, 2.05) is 13.8 Å². The number of nitrogens with one attached hydrogen (secondary N) is 2. The van der Waals surface area contributed by atoms with Crippen molar-refractivity contribution in [3.05, 3.63) is 0 Å². The number of amides is 2. The van der Waals surface area contributed by atoms with E-state index in [1.54, 1.807) is 34.6 Å². The summed E-state index contributed by atoms with van der Waals surface area (Å²) in [6.07, 6.45) is -0.217. The number of ether oxygens (including phenoxy) is 2. The minimum Gasteiger partial charge on any atom is -0.467 e. The summed E-state index contributed by atoms with van der Waals surface area (Å²) in [5.74, 6) is -0.913. The van der Waals surface area contributed by atoms with Crippen LogP contribution in [0.3, 0.4) is 0 Å². The first kappa shape index (κ1) is 22.2. The van der Waals surface area contributed by atoms with Gasteiger partial charge >= 0.3 is 12.1 Å². The summed E-state index contributed by atoms with van der Waals surface area (Å²) in [7, 11) is 1.28. The predicted octanol–water partition coefficient (Wildman–Crippen LogP) is 2.24. The molecule has 0 bridgehead atoms. The number of carbonyl (C=O) groups excluding carboxylic acids is 3. The molecule has 0 rings (SSSR count). The van der Waals surface area contributed by atoms with Gasteiger partial charge in [-0.2, -0.15) is 0 Å². The Balaban J connectivity index is 5.00. The first-order valence-electron chi connectivity index (χ1n) is 8.25. The molecule has 24 heavy (non-hydrogen) atoms. The molecule has 7 heteroatoms. The van der Waals surface area contributed by atoms with Gasteiger partial charge in [0.25, 0.3) is 0 Å². The largest absolute Gasteiger partial charge is 0.467 e. The molecule has 0 radical (unpaired) electrons. The second kappa shape index (κ2) is 9.49. The van der Waals surface area contributed by atoms with E-state index in [9.17, 15) is 14.4 Å². The van der Waals surface area contributed by atoms with E-state index < -0.39 is 35.7 Å². The van der Waals surface area contributed by atoms with Crippen molar-refractivity contribution in [1.29, 1.82) is 0 Å². The Bertz CT molecular complexity index is 441. The molecule has 0 aliphatic carbocycles. The minimum atomic E-state index is -0.806. The lowest BCUT2D eigenvalue weighted by Crippen LogP contribution is -2.54. The zero-order chi connectivity index (χ0) is 19.1. The molecular weight excluding hydrogens is 312 g/mol. The van der Waals surface area contributed by atoms with Crippen LogP contribution in [-0.2, 0) is 19.1 Å². The molecule has 2 N–H and O–H groups in total. The number of esters is 1. The lowest BCUT2D eigenvalue weighted by molar-refractivity contribution is -0.145. The summed E-state index contributed by atoms with van der Waals surface area (Å²) in [4.78, 5) is 36.3. The van der Waals surface area contributed by atoms with Gasteiger partial charge in [0.15, 0.2) is 0 Å². The van der Waals surface area contributed by atoms with Crippen LogP contribution >= 0.6 is 0 Å². The molecule has 0 aromatic heterocycles. The molecule has 0 saturated carbocycles. The Morgan fingerprint density at radius 2 is 1.54 bits per heavy atom. The Morgan fingerprint density at radius 1 is 1.00 bits per heavy atom. The van der Waals surface area contributed by atoms with E-state index in [-0.39, 0.29) is 11.8 Å². The average molecular weight is 344 g/mol. The van der Waals surface area contributed by atoms with Gasteiger partial charge in [-0.05, 0) is 39.0 Å². The average Bonchev–Trinajstić information content (AvgIpc) is 2.40. The number of methoxy groups -OCH3 is 1. The van der Waals surface area contributed by atoms with Crippen molar-refractivity contribution in [2.45, 2.75) is 72.6 Å². The quantitative estimate of drug-likeness (QED) is 0.691. The molecule has 0 spiro atoms. The molecule has 2 amide bonds. The van der Waals surface area contributed by atoms with Crippen molar-refractivity contribution in [3.8, 4) is 0 Å². The number of rotatable bonds is 7. The van der Waals surface area contributed by atoms with Crippen LogP contribution in [0.2, 0.25) is 0 Å². The first-order valence-corrected chi connectivity index (χ1v) is 8.25. The fourth-order valence-corrected chi connectivity index (χ4v) is 2.06. The van der Waals surface area contributed by atoms with Crippen LogP contribution in [0.15, 0.2) is 0 Å². The van der Waals surface area contributed by atoms with Crippen molar-refractivity contribution in [3.63, 3.8) is 0 Å². The molecular formula is C17H32N2O5. The highest BCUT2D eigenvalue weighted by Crippen LogP contribution is 2.11. The summed E-state index contributed by atoms with van der Waals surface area (Å²) in [6.45, 7) is 12.7. The summed E-state index contributed by atoms with van der Waals surface area (Å²) < 4.78 is 9.92. The maximum Gasteiger partial charge on any atom is 0.408 e. The van der Waals surface area contributed by atoms with Gasteiger partial charge in [-0.3, -0.25) is 4.79 Å². The Hall–Kier alpha value is -1.79. The molecule has 140 valence electrons. The fraction of sp³-hybridized carbons (Fsp3) is 0.824. The third-order valence-electron chi connectivity index (χ3n) is 3.13. The number of alkyl carbamates (subject to hydrolysis) is 1. The normalized spacial score (nSPS) is 14.1. The van der Waals surface area contributed by atoms with E-state index in [0.29, 0.717) is 6.42 Å². The minimum absolute atomic E-state index is 0.171. The lowest BCUT2D eigenvalue weighted by atomic mass is 10.0. The number of hydrogen-bond acceptors (Lipinski definition) is 5. The molecule has 7 nitrogen and oxygen atoms in total. The van der Waals surface area contributed by atoms with Gasteiger partial charge < -0.3 is 20.1 Å². The van der Waals surface area contributed by atoms with Crippen LogP contribution in [0.1, 0.15) is 54.9 Å². The standard InChI is InChI=1S/C17H32N2O5/c1-10(2)9-12(15(21)23-8)18-14(20)13(11(3)4)19-16(22)24-17(5,6)7/h10-13H,9H2,1-8H3,(H,18,20)(H,19,22)/t12-,13-/m0/s1. The van der Waals surface area contributed by atoms with Crippen molar-refractivity contribution < 1.29 is 23.9 Å². The summed E-state index contributed by atoms with van der Waals surface area (Å²) in [5, 5.41) is 5.23. The highest BCUT2D eigenvalue weighted by atomic mass is 16.6. The Labute approximate surface area is 144 Å². The fourth-order valence-electron chi connectivity index (χ4n) is 2.06. The van der Waals surface area contributed by atoms with Crippen LogP contribution in [0.5, 0.6) is 0 Å². The summed E-state index contributed by atoms with van der Waals surface area (Å²) >= 11 is 0. The zero-order valence-corrected chi connectivity index (χ0v) is 16.1. The molecule has 0 aromatic carbocycles. The molecule has 0 aliphatic heterocycles. The highest BCUT2D eigenvalue weighted by molar-refractivity contribution is 5.89. The van der Waals surface area contributed by atoms with Crippen molar-refractivity contribution in [1.82, 2.24) is 10.6 Å². The van der Waals surface area contributed by atoms with Crippen molar-refractivity contribution in [2.75, 3.05) is 7.11 Å². The summed E-state index contributed by atoms with van der Waals surface area (Å²) in [5.41, 5.74) is -0.658. The number of hydrogen-bond donors (Lipinski definition) is 2. The topological polar surface area (TPSA) is 93.7 Å². The van der Waals surface area contributed by atoms with E-state index in [2.05, 4.69) is 10.6 Å². The lowest BCUT2D eigenvalue weighted by Gasteiger charge is -2.27. The van der Waals surface area contributed by atoms with Gasteiger partial charge in [0.1, 0.15) is 17.7 Å². The van der Waals surface area contributed by atoms with E-state index in [0.717, 1.165) is 0 Å². The van der Waals surface area contributed by atoms with Crippen LogP contribution in [-0.4, -0.2) is 42.8 Å². The van der Waals surface area contributed by atoms with Gasteiger partial charge in [-0.1, -0.05) is 27.7 Å². The van der Waals surface area contributed by atoms with Gasteiger partial charge in [-0.25, -0.2) is 9.59 Å². The first-order chi connectivity index (χ1) is 10.9. The molecule has 0 fully saturated rings. The molecule has 0 saturated heterocycles. The van der Waals surface area contributed by atoms with Gasteiger partial charge in [0, 0.05) is 0 Å². The van der Waals surface area contributed by atoms with Gasteiger partial charge in [-0.15, -0.1) is 0 Å². The van der Waals surface area contributed by atoms with Gasteiger partial charge in [0.05, 0.1) is 7.11 Å². The van der Waals surface area contributed by atoms with Crippen LogP contribution < -0.4 is 10.6 Å². The van der Waals surface area contributed by atoms with Crippen LogP contribution in [0.4, 0.5) is 4.79 Å². The second-order valence-electron chi connectivity index (χ2n) is 7.58. The third kappa shape index (κ3) is 8.74. The molecule has 0 aromatic rings.